The van der Waals surface area contributed by atoms with E-state index < -0.39 is 0 Å². The number of hydrogen-bond acceptors (Lipinski definition) is 3. The first-order valence-corrected chi connectivity index (χ1v) is 8.36. The lowest BCUT2D eigenvalue weighted by molar-refractivity contribution is 0.0991. The van der Waals surface area contributed by atoms with Crippen LogP contribution in [0.1, 0.15) is 50.6 Å². The van der Waals surface area contributed by atoms with Crippen molar-refractivity contribution in [1.82, 2.24) is 0 Å². The quantitative estimate of drug-likeness (QED) is 0.940. The second kappa shape index (κ2) is 6.21. The summed E-state index contributed by atoms with van der Waals surface area (Å²) >= 11 is 0. The summed E-state index contributed by atoms with van der Waals surface area (Å²) in [5, 5.41) is 2.96. The fraction of sp³-hybridized carbons (Fsp3) is 0.300. The molecule has 0 saturated carbocycles. The Labute approximate surface area is 140 Å². The Hall–Kier alpha value is -2.46. The van der Waals surface area contributed by atoms with Crippen LogP contribution in [0.3, 0.4) is 0 Å². The molecule has 2 aromatic rings. The zero-order chi connectivity index (χ0) is 16.5. The Bertz CT molecular complexity index is 806. The number of aryl methyl sites for hydroxylation is 1. The fourth-order valence-corrected chi connectivity index (χ4v) is 3.47. The average Bonchev–Trinajstić information content (AvgIpc) is 3.25. The third-order valence-corrected chi connectivity index (χ3v) is 4.83. The van der Waals surface area contributed by atoms with Gasteiger partial charge in [0.25, 0.3) is 5.91 Å². The van der Waals surface area contributed by atoms with Crippen molar-refractivity contribution < 1.29 is 14.3 Å². The summed E-state index contributed by atoms with van der Waals surface area (Å²) in [6.45, 7) is 1.55. The number of fused-ring (bicyclic) bond motifs is 1. The van der Waals surface area contributed by atoms with Gasteiger partial charge in [0.05, 0.1) is 6.61 Å². The van der Waals surface area contributed by atoms with Crippen LogP contribution in [0.4, 0.5) is 5.69 Å². The molecule has 1 atom stereocenters. The lowest BCUT2D eigenvalue weighted by Crippen LogP contribution is -2.13. The van der Waals surface area contributed by atoms with Crippen molar-refractivity contribution in [3.8, 4) is 0 Å². The second-order valence-electron chi connectivity index (χ2n) is 6.44. The van der Waals surface area contributed by atoms with Gasteiger partial charge >= 0.3 is 0 Å². The number of ether oxygens (including phenoxy) is 1. The second-order valence-corrected chi connectivity index (χ2v) is 6.44. The number of Topliss-reactive ketones (excluding diaryl/α,β-unsaturated/α-hetero) is 1. The van der Waals surface area contributed by atoms with Gasteiger partial charge in [-0.25, -0.2) is 0 Å². The Kier molecular flexibility index (Phi) is 3.90. The predicted molar refractivity (Wildman–Crippen MR) is 91.7 cm³/mol. The van der Waals surface area contributed by atoms with Crippen LogP contribution in [-0.2, 0) is 11.2 Å². The molecule has 24 heavy (non-hydrogen) atoms. The molecule has 1 aliphatic carbocycles. The van der Waals surface area contributed by atoms with E-state index in [-0.39, 0.29) is 11.7 Å². The fourth-order valence-electron chi connectivity index (χ4n) is 3.47. The summed E-state index contributed by atoms with van der Waals surface area (Å²) in [7, 11) is 0. The van der Waals surface area contributed by atoms with Crippen LogP contribution in [0.5, 0.6) is 0 Å². The van der Waals surface area contributed by atoms with Crippen molar-refractivity contribution in [3.05, 3.63) is 64.7 Å². The van der Waals surface area contributed by atoms with E-state index in [2.05, 4.69) is 11.4 Å². The van der Waals surface area contributed by atoms with E-state index in [4.69, 9.17) is 4.74 Å². The van der Waals surface area contributed by atoms with Gasteiger partial charge in [0.2, 0.25) is 0 Å². The normalized spacial score (nSPS) is 19.3. The summed E-state index contributed by atoms with van der Waals surface area (Å²) in [5.41, 5.74) is 4.32. The molecule has 0 aromatic heterocycles. The SMILES string of the molecule is O=C(Nc1cccc(C2CCOC2)c1)c1ccc2c(c1)CCC2=O. The van der Waals surface area contributed by atoms with Crippen molar-refractivity contribution in [2.24, 2.45) is 0 Å². The van der Waals surface area contributed by atoms with Crippen LogP contribution in [0.15, 0.2) is 42.5 Å². The molecule has 1 unspecified atom stereocenters. The number of carbonyl (C=O) groups excluding carboxylic acids is 2. The highest BCUT2D eigenvalue weighted by molar-refractivity contribution is 6.06. The largest absolute Gasteiger partial charge is 0.381 e. The molecule has 4 nitrogen and oxygen atoms in total. The smallest absolute Gasteiger partial charge is 0.255 e. The van der Waals surface area contributed by atoms with Gasteiger partial charge in [-0.3, -0.25) is 9.59 Å². The summed E-state index contributed by atoms with van der Waals surface area (Å²) in [4.78, 5) is 24.2. The molecule has 0 bridgehead atoms. The first-order valence-electron chi connectivity index (χ1n) is 8.36. The number of benzene rings is 2. The standard InChI is InChI=1S/C20H19NO3/c22-19-7-5-14-10-15(4-6-18(14)19)20(23)21-17-3-1-2-13(11-17)16-8-9-24-12-16/h1-4,6,10-11,16H,5,7-9,12H2,(H,21,23). The van der Waals surface area contributed by atoms with E-state index >= 15 is 0 Å². The van der Waals surface area contributed by atoms with Crippen molar-refractivity contribution in [2.45, 2.75) is 25.2 Å². The third-order valence-electron chi connectivity index (χ3n) is 4.83. The highest BCUT2D eigenvalue weighted by Gasteiger charge is 2.21. The average molecular weight is 321 g/mol. The maximum absolute atomic E-state index is 12.5. The summed E-state index contributed by atoms with van der Waals surface area (Å²) < 4.78 is 5.44. The van der Waals surface area contributed by atoms with Gasteiger partial charge in [0.15, 0.2) is 5.78 Å². The van der Waals surface area contributed by atoms with Crippen molar-refractivity contribution in [1.29, 1.82) is 0 Å². The summed E-state index contributed by atoms with van der Waals surface area (Å²) in [5.74, 6) is 0.438. The van der Waals surface area contributed by atoms with E-state index in [9.17, 15) is 9.59 Å². The van der Waals surface area contributed by atoms with E-state index in [1.54, 1.807) is 12.1 Å². The molecular weight excluding hydrogens is 302 g/mol. The minimum absolute atomic E-state index is 0.142. The monoisotopic (exact) mass is 321 g/mol. The molecule has 2 aromatic carbocycles. The van der Waals surface area contributed by atoms with Crippen LogP contribution in [-0.4, -0.2) is 24.9 Å². The molecule has 1 aliphatic heterocycles. The van der Waals surface area contributed by atoms with Gasteiger partial charge in [-0.15, -0.1) is 0 Å². The molecule has 1 saturated heterocycles. The van der Waals surface area contributed by atoms with Gasteiger partial charge in [-0.2, -0.15) is 0 Å². The molecule has 2 aliphatic rings. The molecule has 0 radical (unpaired) electrons. The Balaban J connectivity index is 1.52. The highest BCUT2D eigenvalue weighted by atomic mass is 16.5. The van der Waals surface area contributed by atoms with E-state index in [1.807, 2.05) is 24.3 Å². The Morgan fingerprint density at radius 1 is 1.12 bits per heavy atom. The van der Waals surface area contributed by atoms with Crippen LogP contribution < -0.4 is 5.32 Å². The van der Waals surface area contributed by atoms with Crippen molar-refractivity contribution >= 4 is 17.4 Å². The van der Waals surface area contributed by atoms with Gasteiger partial charge in [-0.1, -0.05) is 18.2 Å². The number of rotatable bonds is 3. The third kappa shape index (κ3) is 2.85. The molecule has 0 spiro atoms. The highest BCUT2D eigenvalue weighted by Crippen LogP contribution is 2.27. The first kappa shape index (κ1) is 15.1. The minimum atomic E-state index is -0.142. The first-order chi connectivity index (χ1) is 11.7. The van der Waals surface area contributed by atoms with Gasteiger partial charge in [0.1, 0.15) is 0 Å². The zero-order valence-electron chi connectivity index (χ0n) is 13.4. The van der Waals surface area contributed by atoms with E-state index in [0.717, 1.165) is 42.9 Å². The van der Waals surface area contributed by atoms with Gasteiger partial charge < -0.3 is 10.1 Å². The lowest BCUT2D eigenvalue weighted by Gasteiger charge is -2.11. The summed E-state index contributed by atoms with van der Waals surface area (Å²) in [6.07, 6.45) is 2.30. The zero-order valence-corrected chi connectivity index (χ0v) is 13.4. The van der Waals surface area contributed by atoms with Crippen LogP contribution in [0, 0.1) is 0 Å². The lowest BCUT2D eigenvalue weighted by atomic mass is 9.98. The topological polar surface area (TPSA) is 55.4 Å². The van der Waals surface area contributed by atoms with Crippen LogP contribution in [0.25, 0.3) is 0 Å². The number of anilines is 1. The molecular formula is C20H19NO3. The Morgan fingerprint density at radius 3 is 2.88 bits per heavy atom. The predicted octanol–water partition coefficient (Wildman–Crippen LogP) is 3.57. The van der Waals surface area contributed by atoms with E-state index in [0.29, 0.717) is 17.9 Å². The van der Waals surface area contributed by atoms with Crippen LogP contribution in [0.2, 0.25) is 0 Å². The molecule has 4 heteroatoms. The molecule has 1 fully saturated rings. The molecule has 1 amide bonds. The molecule has 122 valence electrons. The minimum Gasteiger partial charge on any atom is -0.381 e. The van der Waals surface area contributed by atoms with Gasteiger partial charge in [-0.05, 0) is 48.2 Å². The molecule has 1 heterocycles. The number of ketones is 1. The Morgan fingerprint density at radius 2 is 2.04 bits per heavy atom. The van der Waals surface area contributed by atoms with Crippen molar-refractivity contribution in [3.63, 3.8) is 0 Å². The van der Waals surface area contributed by atoms with E-state index in [1.165, 1.54) is 5.56 Å². The number of hydrogen-bond donors (Lipinski definition) is 1. The van der Waals surface area contributed by atoms with Gasteiger partial charge in [0, 0.05) is 35.8 Å². The summed E-state index contributed by atoms with van der Waals surface area (Å²) in [6, 6.07) is 13.3. The maximum atomic E-state index is 12.5. The number of nitrogens with one attached hydrogen (secondary N) is 1. The molecule has 4 rings (SSSR count). The maximum Gasteiger partial charge on any atom is 0.255 e. The molecule has 1 N–H and O–H groups in total. The number of amides is 1. The van der Waals surface area contributed by atoms with Crippen molar-refractivity contribution in [2.75, 3.05) is 18.5 Å². The number of carbonyl (C=O) groups is 2. The van der Waals surface area contributed by atoms with Crippen LogP contribution >= 0.6 is 0 Å².